The van der Waals surface area contributed by atoms with Crippen LogP contribution in [0, 0.1) is 5.82 Å². The van der Waals surface area contributed by atoms with E-state index in [1.807, 2.05) is 7.05 Å². The molecule has 4 rings (SSSR count). The van der Waals surface area contributed by atoms with Crippen molar-refractivity contribution in [3.63, 3.8) is 0 Å². The first-order valence-electron chi connectivity index (χ1n) is 11.5. The molecule has 0 aliphatic carbocycles. The number of aromatic amines is 1. The number of phenols is 1. The third-order valence-corrected chi connectivity index (χ3v) is 5.96. The minimum atomic E-state index is -5.08. The van der Waals surface area contributed by atoms with Crippen LogP contribution in [0.2, 0.25) is 0 Å². The summed E-state index contributed by atoms with van der Waals surface area (Å²) >= 11 is 0. The molecule has 4 N–H and O–H groups in total. The van der Waals surface area contributed by atoms with Gasteiger partial charge in [0.25, 0.3) is 0 Å². The van der Waals surface area contributed by atoms with E-state index in [0.717, 1.165) is 19.0 Å². The molecular formula is C24H29F4N7O3. The number of nitrogens with zero attached hydrogens (tertiary/aromatic N) is 5. The molecule has 0 amide bonds. The van der Waals surface area contributed by atoms with Crippen LogP contribution in [0.1, 0.15) is 40.5 Å². The molecule has 0 saturated carbocycles. The van der Waals surface area contributed by atoms with Gasteiger partial charge in [0.15, 0.2) is 5.82 Å². The number of phenolic OH excluding ortho intramolecular Hbond substituents is 1. The van der Waals surface area contributed by atoms with Gasteiger partial charge in [-0.3, -0.25) is 5.10 Å². The number of piperidine rings is 1. The summed E-state index contributed by atoms with van der Waals surface area (Å²) in [6, 6.07) is 5.06. The Morgan fingerprint density at radius 1 is 1.13 bits per heavy atom. The summed E-state index contributed by atoms with van der Waals surface area (Å²) in [7, 11) is 1.99. The lowest BCUT2D eigenvalue weighted by Crippen LogP contribution is -2.62. The van der Waals surface area contributed by atoms with E-state index in [4.69, 9.17) is 9.90 Å². The molecule has 3 heterocycles. The molecule has 0 unspecified atom stereocenters. The number of carboxylic acids is 1. The number of carboxylic acid groups (broad SMARTS) is 1. The van der Waals surface area contributed by atoms with E-state index in [2.05, 4.69) is 63.3 Å². The molecule has 14 heteroatoms. The van der Waals surface area contributed by atoms with E-state index in [-0.39, 0.29) is 28.6 Å². The standard InChI is InChI=1S/C22H28FN7O.C2HF3O2/c1-21(2)9-14(10-22(3,4)29-21)30(5)20-24-12-17(26-28-20)15-7-6-13(8-18(15)31)19-16(23)11-25-27-19;3-2(4,5)1(6)7/h6-8,11-12,14,29,31H,9-10H2,1-5H3,(H,25,27);(H,6,7). The van der Waals surface area contributed by atoms with E-state index in [9.17, 15) is 22.7 Å². The molecule has 1 fully saturated rings. The maximum Gasteiger partial charge on any atom is 0.490 e. The number of hydrogen-bond acceptors (Lipinski definition) is 8. The summed E-state index contributed by atoms with van der Waals surface area (Å²) in [5.41, 5.74) is 1.54. The Labute approximate surface area is 216 Å². The number of aromatic hydroxyl groups is 1. The molecule has 1 aromatic carbocycles. The van der Waals surface area contributed by atoms with Gasteiger partial charge < -0.3 is 20.4 Å². The van der Waals surface area contributed by atoms with Crippen molar-refractivity contribution in [2.45, 2.75) is 63.8 Å². The summed E-state index contributed by atoms with van der Waals surface area (Å²) in [5, 5.41) is 36.2. The van der Waals surface area contributed by atoms with Crippen molar-refractivity contribution < 1.29 is 32.6 Å². The van der Waals surface area contributed by atoms with Gasteiger partial charge in [0.2, 0.25) is 5.95 Å². The minimum absolute atomic E-state index is 0.00931. The highest BCUT2D eigenvalue weighted by molar-refractivity contribution is 5.73. The number of halogens is 4. The van der Waals surface area contributed by atoms with Crippen molar-refractivity contribution in [2.24, 2.45) is 0 Å². The first kappa shape index (κ1) is 28.8. The molecule has 10 nitrogen and oxygen atoms in total. The first-order valence-corrected chi connectivity index (χ1v) is 11.5. The van der Waals surface area contributed by atoms with Crippen LogP contribution in [-0.2, 0) is 4.79 Å². The molecule has 1 aliphatic rings. The van der Waals surface area contributed by atoms with Gasteiger partial charge in [-0.15, -0.1) is 10.2 Å². The van der Waals surface area contributed by atoms with E-state index in [1.54, 1.807) is 18.3 Å². The fourth-order valence-corrected chi connectivity index (χ4v) is 4.63. The van der Waals surface area contributed by atoms with Crippen LogP contribution in [0.4, 0.5) is 23.5 Å². The van der Waals surface area contributed by atoms with Crippen molar-refractivity contribution in [1.29, 1.82) is 0 Å². The van der Waals surface area contributed by atoms with Crippen molar-refractivity contribution in [2.75, 3.05) is 11.9 Å². The molecule has 0 bridgehead atoms. The minimum Gasteiger partial charge on any atom is -0.507 e. The second kappa shape index (κ2) is 10.5. The molecule has 2 aromatic heterocycles. The van der Waals surface area contributed by atoms with Crippen molar-refractivity contribution in [3.05, 3.63) is 36.4 Å². The Bertz CT molecular complexity index is 1260. The third-order valence-electron chi connectivity index (χ3n) is 5.96. The molecule has 38 heavy (non-hydrogen) atoms. The highest BCUT2D eigenvalue weighted by Crippen LogP contribution is 2.34. The number of H-pyrrole nitrogens is 1. The average Bonchev–Trinajstić information content (AvgIpc) is 3.22. The van der Waals surface area contributed by atoms with Gasteiger partial charge in [0, 0.05) is 35.3 Å². The van der Waals surface area contributed by atoms with Crippen LogP contribution in [-0.4, -0.2) is 71.9 Å². The zero-order chi connectivity index (χ0) is 28.5. The second-order valence-electron chi connectivity index (χ2n) is 10.3. The SMILES string of the molecule is CN(c1ncc(-c2ccc(-c3n[nH]cc3F)cc2O)nn1)C1CC(C)(C)NC(C)(C)C1.O=C(O)C(F)(F)F. The van der Waals surface area contributed by atoms with Crippen LogP contribution >= 0.6 is 0 Å². The summed E-state index contributed by atoms with van der Waals surface area (Å²) in [4.78, 5) is 15.5. The summed E-state index contributed by atoms with van der Waals surface area (Å²) in [6.07, 6.45) is -0.399. The Morgan fingerprint density at radius 3 is 2.18 bits per heavy atom. The number of aliphatic carboxylic acids is 1. The monoisotopic (exact) mass is 539 g/mol. The lowest BCUT2D eigenvalue weighted by molar-refractivity contribution is -0.192. The smallest absolute Gasteiger partial charge is 0.490 e. The van der Waals surface area contributed by atoms with E-state index >= 15 is 0 Å². The van der Waals surface area contributed by atoms with E-state index in [1.165, 1.54) is 6.07 Å². The lowest BCUT2D eigenvalue weighted by atomic mass is 9.79. The summed E-state index contributed by atoms with van der Waals surface area (Å²) in [6.45, 7) is 8.83. The predicted octanol–water partition coefficient (Wildman–Crippen LogP) is 4.15. The predicted molar refractivity (Wildman–Crippen MR) is 131 cm³/mol. The van der Waals surface area contributed by atoms with Crippen molar-refractivity contribution in [1.82, 2.24) is 30.7 Å². The largest absolute Gasteiger partial charge is 0.507 e. The van der Waals surface area contributed by atoms with Crippen LogP contribution in [0.15, 0.2) is 30.6 Å². The molecule has 206 valence electrons. The molecular weight excluding hydrogens is 510 g/mol. The first-order chi connectivity index (χ1) is 17.5. The van der Waals surface area contributed by atoms with Gasteiger partial charge in [0.05, 0.1) is 12.4 Å². The Kier molecular flexibility index (Phi) is 7.96. The van der Waals surface area contributed by atoms with Gasteiger partial charge >= 0.3 is 12.1 Å². The lowest BCUT2D eigenvalue weighted by Gasteiger charge is -2.48. The molecule has 1 saturated heterocycles. The van der Waals surface area contributed by atoms with Crippen LogP contribution < -0.4 is 10.2 Å². The quantitative estimate of drug-likeness (QED) is 0.360. The number of alkyl halides is 3. The number of benzene rings is 1. The maximum absolute atomic E-state index is 13.7. The van der Waals surface area contributed by atoms with Gasteiger partial charge in [-0.1, -0.05) is 6.07 Å². The van der Waals surface area contributed by atoms with Gasteiger partial charge in [0.1, 0.15) is 17.1 Å². The number of rotatable bonds is 4. The number of hydrogen-bond donors (Lipinski definition) is 4. The van der Waals surface area contributed by atoms with Gasteiger partial charge in [-0.05, 0) is 52.7 Å². The van der Waals surface area contributed by atoms with Crippen molar-refractivity contribution in [3.8, 4) is 28.3 Å². The summed E-state index contributed by atoms with van der Waals surface area (Å²) < 4.78 is 45.5. The highest BCUT2D eigenvalue weighted by Gasteiger charge is 2.40. The molecule has 1 aliphatic heterocycles. The molecule has 0 atom stereocenters. The number of nitrogens with one attached hydrogen (secondary N) is 2. The van der Waals surface area contributed by atoms with Crippen LogP contribution in [0.5, 0.6) is 5.75 Å². The van der Waals surface area contributed by atoms with Crippen LogP contribution in [0.3, 0.4) is 0 Å². The van der Waals surface area contributed by atoms with E-state index in [0.29, 0.717) is 22.8 Å². The zero-order valence-electron chi connectivity index (χ0n) is 21.4. The Hall–Kier alpha value is -3.81. The summed E-state index contributed by atoms with van der Waals surface area (Å²) in [5.74, 6) is -2.74. The normalized spacial score (nSPS) is 16.9. The molecule has 0 spiro atoms. The number of carbonyl (C=O) groups is 1. The molecule has 3 aromatic rings. The zero-order valence-corrected chi connectivity index (χ0v) is 21.4. The Morgan fingerprint density at radius 2 is 1.74 bits per heavy atom. The topological polar surface area (TPSA) is 140 Å². The fraction of sp³-hybridized carbons (Fsp3) is 0.458. The second-order valence-corrected chi connectivity index (χ2v) is 10.3. The number of anilines is 1. The van der Waals surface area contributed by atoms with Gasteiger partial charge in [-0.2, -0.15) is 18.3 Å². The number of aromatic nitrogens is 5. The average molecular weight is 540 g/mol. The third kappa shape index (κ3) is 6.94. The maximum atomic E-state index is 13.7. The fourth-order valence-electron chi connectivity index (χ4n) is 4.63. The highest BCUT2D eigenvalue weighted by atomic mass is 19.4. The Balaban J connectivity index is 0.000000505. The van der Waals surface area contributed by atoms with E-state index < -0.39 is 18.0 Å². The van der Waals surface area contributed by atoms with Crippen LogP contribution in [0.25, 0.3) is 22.5 Å². The van der Waals surface area contributed by atoms with Crippen molar-refractivity contribution >= 4 is 11.9 Å². The van der Waals surface area contributed by atoms with Gasteiger partial charge in [-0.25, -0.2) is 14.2 Å². The molecule has 0 radical (unpaired) electrons.